The summed E-state index contributed by atoms with van der Waals surface area (Å²) in [5.74, 6) is -0.225. The van der Waals surface area contributed by atoms with Crippen molar-refractivity contribution in [1.82, 2.24) is 0 Å². The van der Waals surface area contributed by atoms with Crippen LogP contribution in [0.3, 0.4) is 0 Å². The fraction of sp³-hybridized carbons (Fsp3) is 0.462. The highest BCUT2D eigenvalue weighted by Crippen LogP contribution is 2.14. The summed E-state index contributed by atoms with van der Waals surface area (Å²) < 4.78 is 15.9. The third-order valence-corrected chi connectivity index (χ3v) is 2.47. The molecule has 0 spiro atoms. The number of carbonyl (C=O) groups excluding carboxylic acids is 1. The average molecular weight is 236 g/mol. The Morgan fingerprint density at radius 2 is 2.12 bits per heavy atom. The van der Waals surface area contributed by atoms with Crippen molar-refractivity contribution >= 4 is 5.97 Å². The number of rotatable bonds is 4. The van der Waals surface area contributed by atoms with E-state index in [0.717, 1.165) is 5.56 Å². The Hall–Kier alpha value is -1.39. The van der Waals surface area contributed by atoms with Crippen molar-refractivity contribution in [3.63, 3.8) is 0 Å². The summed E-state index contributed by atoms with van der Waals surface area (Å²) in [6, 6.07) is 9.83. The van der Waals surface area contributed by atoms with Crippen molar-refractivity contribution in [2.75, 3.05) is 6.61 Å². The molecule has 0 N–H and O–H groups in total. The summed E-state index contributed by atoms with van der Waals surface area (Å²) in [6.45, 7) is 2.61. The summed E-state index contributed by atoms with van der Waals surface area (Å²) in [5.41, 5.74) is 1.09. The quantitative estimate of drug-likeness (QED) is 0.749. The molecule has 1 heterocycles. The third kappa shape index (κ3) is 3.84. The van der Waals surface area contributed by atoms with E-state index in [4.69, 9.17) is 14.2 Å². The predicted octanol–water partition coefficient (Wildman–Crippen LogP) is 1.88. The maximum atomic E-state index is 11.2. The van der Waals surface area contributed by atoms with Gasteiger partial charge in [0.15, 0.2) is 0 Å². The number of benzene rings is 1. The summed E-state index contributed by atoms with van der Waals surface area (Å²) in [5, 5.41) is 0. The van der Waals surface area contributed by atoms with Gasteiger partial charge < -0.3 is 14.2 Å². The van der Waals surface area contributed by atoms with E-state index in [1.54, 1.807) is 0 Å². The molecule has 0 radical (unpaired) electrons. The van der Waals surface area contributed by atoms with Gasteiger partial charge in [0.2, 0.25) is 6.29 Å². The molecule has 4 heteroatoms. The van der Waals surface area contributed by atoms with Gasteiger partial charge in [0, 0.05) is 0 Å². The van der Waals surface area contributed by atoms with Crippen LogP contribution in [0.1, 0.15) is 18.9 Å². The van der Waals surface area contributed by atoms with Gasteiger partial charge in [0.1, 0.15) is 6.61 Å². The fourth-order valence-corrected chi connectivity index (χ4v) is 1.68. The first-order valence-corrected chi connectivity index (χ1v) is 5.70. The number of hydrogen-bond donors (Lipinski definition) is 0. The Labute approximate surface area is 100 Å². The highest BCUT2D eigenvalue weighted by atomic mass is 16.7. The topological polar surface area (TPSA) is 44.8 Å². The SMILES string of the molecule is C[C@@H]1CC(=O)O[C@H](COCc2ccccc2)O1. The molecule has 0 aromatic heterocycles. The van der Waals surface area contributed by atoms with E-state index in [9.17, 15) is 4.79 Å². The van der Waals surface area contributed by atoms with E-state index in [1.807, 2.05) is 37.3 Å². The molecule has 1 fully saturated rings. The molecule has 0 aliphatic carbocycles. The van der Waals surface area contributed by atoms with Crippen LogP contribution >= 0.6 is 0 Å². The molecule has 1 saturated heterocycles. The van der Waals surface area contributed by atoms with Crippen molar-refractivity contribution < 1.29 is 19.0 Å². The first-order chi connectivity index (χ1) is 8.24. The summed E-state index contributed by atoms with van der Waals surface area (Å²) in [4.78, 5) is 11.2. The Morgan fingerprint density at radius 3 is 2.82 bits per heavy atom. The van der Waals surface area contributed by atoms with Gasteiger partial charge in [0.05, 0.1) is 19.1 Å². The second-order valence-electron chi connectivity index (χ2n) is 4.07. The maximum absolute atomic E-state index is 11.2. The van der Waals surface area contributed by atoms with Crippen LogP contribution in [-0.2, 0) is 25.6 Å². The number of cyclic esters (lactones) is 1. The molecular weight excluding hydrogens is 220 g/mol. The van der Waals surface area contributed by atoms with Crippen LogP contribution in [0.4, 0.5) is 0 Å². The van der Waals surface area contributed by atoms with Crippen LogP contribution in [0.2, 0.25) is 0 Å². The average Bonchev–Trinajstić information content (AvgIpc) is 2.29. The first kappa shape index (κ1) is 12.1. The number of esters is 1. The zero-order valence-corrected chi connectivity index (χ0v) is 9.80. The van der Waals surface area contributed by atoms with Gasteiger partial charge in [-0.2, -0.15) is 0 Å². The molecule has 0 saturated carbocycles. The lowest BCUT2D eigenvalue weighted by atomic mass is 10.2. The minimum absolute atomic E-state index is 0.0958. The maximum Gasteiger partial charge on any atom is 0.310 e. The molecule has 0 bridgehead atoms. The molecule has 1 aliphatic rings. The summed E-state index contributed by atoms with van der Waals surface area (Å²) >= 11 is 0. The minimum Gasteiger partial charge on any atom is -0.433 e. The van der Waals surface area contributed by atoms with Crippen LogP contribution in [0.15, 0.2) is 30.3 Å². The van der Waals surface area contributed by atoms with Gasteiger partial charge in [-0.25, -0.2) is 0 Å². The van der Waals surface area contributed by atoms with Crippen LogP contribution < -0.4 is 0 Å². The second kappa shape index (κ2) is 5.80. The highest BCUT2D eigenvalue weighted by Gasteiger charge is 2.26. The molecule has 2 atom stereocenters. The monoisotopic (exact) mass is 236 g/mol. The van der Waals surface area contributed by atoms with Gasteiger partial charge >= 0.3 is 5.97 Å². The Balaban J connectivity index is 1.73. The van der Waals surface area contributed by atoms with E-state index in [1.165, 1.54) is 0 Å². The van der Waals surface area contributed by atoms with E-state index in [2.05, 4.69) is 0 Å². The number of hydrogen-bond acceptors (Lipinski definition) is 4. The van der Waals surface area contributed by atoms with Gasteiger partial charge in [-0.1, -0.05) is 30.3 Å². The molecule has 2 rings (SSSR count). The first-order valence-electron chi connectivity index (χ1n) is 5.70. The third-order valence-electron chi connectivity index (χ3n) is 2.47. The fourth-order valence-electron chi connectivity index (χ4n) is 1.68. The van der Waals surface area contributed by atoms with Crippen molar-refractivity contribution in [1.29, 1.82) is 0 Å². The number of carbonyl (C=O) groups is 1. The van der Waals surface area contributed by atoms with E-state index < -0.39 is 6.29 Å². The molecule has 0 unspecified atom stereocenters. The van der Waals surface area contributed by atoms with Crippen molar-refractivity contribution in [2.24, 2.45) is 0 Å². The van der Waals surface area contributed by atoms with E-state index >= 15 is 0 Å². The molecule has 1 aliphatic heterocycles. The van der Waals surface area contributed by atoms with Crippen LogP contribution in [-0.4, -0.2) is 25.0 Å². The lowest BCUT2D eigenvalue weighted by molar-refractivity contribution is -0.226. The predicted molar refractivity (Wildman–Crippen MR) is 61.1 cm³/mol. The molecular formula is C13H16O4. The molecule has 4 nitrogen and oxygen atoms in total. The smallest absolute Gasteiger partial charge is 0.310 e. The zero-order valence-electron chi connectivity index (χ0n) is 9.80. The zero-order chi connectivity index (χ0) is 12.1. The van der Waals surface area contributed by atoms with Crippen molar-refractivity contribution in [2.45, 2.75) is 32.3 Å². The molecule has 1 aromatic carbocycles. The summed E-state index contributed by atoms with van der Waals surface area (Å²) in [6.07, 6.45) is -0.355. The Bertz CT molecular complexity index is 363. The largest absolute Gasteiger partial charge is 0.433 e. The van der Waals surface area contributed by atoms with Gasteiger partial charge in [-0.05, 0) is 12.5 Å². The standard InChI is InChI=1S/C13H16O4/c1-10-7-12(14)17-13(16-10)9-15-8-11-5-3-2-4-6-11/h2-6,10,13H,7-9H2,1H3/t10-,13-/m1/s1. The second-order valence-corrected chi connectivity index (χ2v) is 4.07. The molecule has 17 heavy (non-hydrogen) atoms. The normalized spacial score (nSPS) is 24.4. The van der Waals surface area contributed by atoms with Crippen LogP contribution in [0, 0.1) is 0 Å². The van der Waals surface area contributed by atoms with Gasteiger partial charge in [0.25, 0.3) is 0 Å². The summed E-state index contributed by atoms with van der Waals surface area (Å²) in [7, 11) is 0. The van der Waals surface area contributed by atoms with Crippen LogP contribution in [0.5, 0.6) is 0 Å². The van der Waals surface area contributed by atoms with E-state index in [-0.39, 0.29) is 18.7 Å². The molecule has 92 valence electrons. The van der Waals surface area contributed by atoms with Crippen molar-refractivity contribution in [3.05, 3.63) is 35.9 Å². The Kier molecular flexibility index (Phi) is 4.12. The lowest BCUT2D eigenvalue weighted by Crippen LogP contribution is -2.36. The highest BCUT2D eigenvalue weighted by molar-refractivity contribution is 5.70. The molecule has 0 amide bonds. The van der Waals surface area contributed by atoms with Gasteiger partial charge in [-0.15, -0.1) is 0 Å². The van der Waals surface area contributed by atoms with Gasteiger partial charge in [-0.3, -0.25) is 4.79 Å². The Morgan fingerprint density at radius 1 is 1.35 bits per heavy atom. The van der Waals surface area contributed by atoms with Crippen LogP contribution in [0.25, 0.3) is 0 Å². The number of ether oxygens (including phenoxy) is 3. The minimum atomic E-state index is -0.574. The van der Waals surface area contributed by atoms with Crippen molar-refractivity contribution in [3.8, 4) is 0 Å². The lowest BCUT2D eigenvalue weighted by Gasteiger charge is -2.27. The molecule has 1 aromatic rings. The van der Waals surface area contributed by atoms with E-state index in [0.29, 0.717) is 13.0 Å².